The minimum atomic E-state index is 0.767. The van der Waals surface area contributed by atoms with Gasteiger partial charge in [-0.25, -0.2) is 0 Å². The summed E-state index contributed by atoms with van der Waals surface area (Å²) in [5.74, 6) is 0.917. The summed E-state index contributed by atoms with van der Waals surface area (Å²) in [6, 6.07) is 11.7. The molecule has 2 unspecified atom stereocenters. The highest BCUT2D eigenvalue weighted by Crippen LogP contribution is 2.42. The van der Waals surface area contributed by atoms with E-state index in [2.05, 4.69) is 51.2 Å². The second-order valence-corrected chi connectivity index (χ2v) is 6.14. The number of hydrogen-bond donors (Lipinski definition) is 0. The maximum atomic E-state index is 3.86. The minimum Gasteiger partial charge on any atom is -0.299 e. The van der Waals surface area contributed by atoms with Crippen LogP contribution in [-0.2, 0) is 6.42 Å². The van der Waals surface area contributed by atoms with Crippen molar-refractivity contribution >= 4 is 15.9 Å². The third kappa shape index (κ3) is 1.93. The Hall–Kier alpha value is -0.340. The van der Waals surface area contributed by atoms with Gasteiger partial charge < -0.3 is 0 Å². The predicted octanol–water partition coefficient (Wildman–Crippen LogP) is 3.09. The van der Waals surface area contributed by atoms with Crippen molar-refractivity contribution in [1.82, 2.24) is 4.90 Å². The van der Waals surface area contributed by atoms with E-state index in [-0.39, 0.29) is 0 Å². The Bertz CT molecular complexity index is 351. The number of benzene rings is 1. The Morgan fingerprint density at radius 2 is 2.00 bits per heavy atom. The molecule has 1 saturated heterocycles. The molecule has 0 radical (unpaired) electrons. The Morgan fingerprint density at radius 3 is 2.62 bits per heavy atom. The van der Waals surface area contributed by atoms with Crippen LogP contribution in [0, 0.1) is 5.92 Å². The van der Waals surface area contributed by atoms with Gasteiger partial charge in [0.05, 0.1) is 0 Å². The standard InChI is InChI=1S/C14H18BrN/c15-14-12-6-7-13(14)16(10-12)9-8-11-4-2-1-3-5-11/h1-5,12-14H,6-10H2/t12?,13-,14?/m1/s1. The van der Waals surface area contributed by atoms with Crippen LogP contribution < -0.4 is 0 Å². The van der Waals surface area contributed by atoms with E-state index in [1.165, 1.54) is 37.9 Å². The van der Waals surface area contributed by atoms with Gasteiger partial charge in [0, 0.05) is 24.0 Å². The summed E-state index contributed by atoms with van der Waals surface area (Å²) in [7, 11) is 0. The number of rotatable bonds is 3. The van der Waals surface area contributed by atoms with Crippen LogP contribution in [0.5, 0.6) is 0 Å². The monoisotopic (exact) mass is 279 g/mol. The average molecular weight is 280 g/mol. The molecule has 1 aromatic carbocycles. The van der Waals surface area contributed by atoms with Crippen molar-refractivity contribution in [2.45, 2.75) is 30.1 Å². The van der Waals surface area contributed by atoms with Crippen molar-refractivity contribution in [3.63, 3.8) is 0 Å². The summed E-state index contributed by atoms with van der Waals surface area (Å²) >= 11 is 3.86. The van der Waals surface area contributed by atoms with E-state index in [0.29, 0.717) is 0 Å². The highest BCUT2D eigenvalue weighted by molar-refractivity contribution is 9.09. The number of piperidine rings is 1. The number of halogens is 1. The molecule has 0 aromatic heterocycles. The van der Waals surface area contributed by atoms with Gasteiger partial charge in [0.25, 0.3) is 0 Å². The Labute approximate surface area is 106 Å². The van der Waals surface area contributed by atoms with Crippen molar-refractivity contribution in [3.8, 4) is 0 Å². The topological polar surface area (TPSA) is 3.24 Å². The molecule has 0 amide bonds. The van der Waals surface area contributed by atoms with E-state index in [0.717, 1.165) is 16.8 Å². The second kappa shape index (κ2) is 4.50. The largest absolute Gasteiger partial charge is 0.299 e. The molecule has 1 nitrogen and oxygen atoms in total. The molecule has 3 rings (SSSR count). The van der Waals surface area contributed by atoms with Crippen molar-refractivity contribution in [2.75, 3.05) is 13.1 Å². The third-order valence-corrected chi connectivity index (χ3v) is 5.48. The van der Waals surface area contributed by atoms with Crippen molar-refractivity contribution in [2.24, 2.45) is 5.92 Å². The molecule has 1 saturated carbocycles. The van der Waals surface area contributed by atoms with E-state index in [9.17, 15) is 0 Å². The molecule has 16 heavy (non-hydrogen) atoms. The first kappa shape index (κ1) is 10.8. The van der Waals surface area contributed by atoms with Crippen LogP contribution in [0.15, 0.2) is 30.3 Å². The van der Waals surface area contributed by atoms with Gasteiger partial charge in [-0.3, -0.25) is 4.90 Å². The fraction of sp³-hybridized carbons (Fsp3) is 0.571. The zero-order chi connectivity index (χ0) is 11.0. The first-order valence-corrected chi connectivity index (χ1v) is 7.18. The van der Waals surface area contributed by atoms with Crippen molar-refractivity contribution in [3.05, 3.63) is 35.9 Å². The number of likely N-dealkylation sites (tertiary alicyclic amines) is 1. The molecular formula is C14H18BrN. The lowest BCUT2D eigenvalue weighted by Gasteiger charge is -2.26. The van der Waals surface area contributed by atoms with E-state index in [1.807, 2.05) is 0 Å². The zero-order valence-electron chi connectivity index (χ0n) is 9.48. The van der Waals surface area contributed by atoms with Crippen LogP contribution >= 0.6 is 15.9 Å². The van der Waals surface area contributed by atoms with Gasteiger partial charge >= 0.3 is 0 Å². The predicted molar refractivity (Wildman–Crippen MR) is 70.9 cm³/mol. The Morgan fingerprint density at radius 1 is 1.19 bits per heavy atom. The summed E-state index contributed by atoms with van der Waals surface area (Å²) in [4.78, 5) is 3.45. The fourth-order valence-corrected chi connectivity index (χ4v) is 4.23. The smallest absolute Gasteiger partial charge is 0.0341 e. The van der Waals surface area contributed by atoms with Gasteiger partial charge in [-0.2, -0.15) is 0 Å². The molecule has 2 aliphatic rings. The molecule has 3 atom stereocenters. The molecule has 0 spiro atoms. The quantitative estimate of drug-likeness (QED) is 0.769. The highest BCUT2D eigenvalue weighted by Gasteiger charge is 2.44. The lowest BCUT2D eigenvalue weighted by Crippen LogP contribution is -2.35. The van der Waals surface area contributed by atoms with Crippen LogP contribution in [0.4, 0.5) is 0 Å². The Kier molecular flexibility index (Phi) is 3.03. The number of hydrogen-bond acceptors (Lipinski definition) is 1. The molecule has 0 N–H and O–H groups in total. The molecule has 1 aliphatic heterocycles. The van der Waals surface area contributed by atoms with Crippen LogP contribution in [0.25, 0.3) is 0 Å². The van der Waals surface area contributed by atoms with E-state index >= 15 is 0 Å². The fourth-order valence-electron chi connectivity index (χ4n) is 3.20. The van der Waals surface area contributed by atoms with Crippen LogP contribution in [0.2, 0.25) is 0 Å². The Balaban J connectivity index is 1.57. The molecule has 1 heterocycles. The number of fused-ring (bicyclic) bond motifs is 2. The van der Waals surface area contributed by atoms with Gasteiger partial charge in [-0.05, 0) is 30.7 Å². The van der Waals surface area contributed by atoms with Gasteiger partial charge in [0.1, 0.15) is 0 Å². The number of alkyl halides is 1. The molecule has 2 fully saturated rings. The van der Waals surface area contributed by atoms with Gasteiger partial charge in [0.15, 0.2) is 0 Å². The maximum Gasteiger partial charge on any atom is 0.0341 e. The summed E-state index contributed by atoms with van der Waals surface area (Å²) in [6.45, 7) is 2.54. The lowest BCUT2D eigenvalue weighted by atomic mass is 10.1. The van der Waals surface area contributed by atoms with Gasteiger partial charge in [-0.1, -0.05) is 46.3 Å². The van der Waals surface area contributed by atoms with E-state index in [1.54, 1.807) is 0 Å². The van der Waals surface area contributed by atoms with E-state index < -0.39 is 0 Å². The number of nitrogens with zero attached hydrogens (tertiary/aromatic N) is 1. The van der Waals surface area contributed by atoms with Crippen LogP contribution in [0.1, 0.15) is 18.4 Å². The summed E-state index contributed by atoms with van der Waals surface area (Å²) in [5, 5.41) is 0. The van der Waals surface area contributed by atoms with E-state index in [4.69, 9.17) is 0 Å². The average Bonchev–Trinajstić information content (AvgIpc) is 2.84. The molecule has 1 aliphatic carbocycles. The first-order chi connectivity index (χ1) is 7.84. The molecule has 1 aromatic rings. The molecule has 86 valence electrons. The summed E-state index contributed by atoms with van der Waals surface area (Å²) < 4.78 is 0. The molecule has 2 heteroatoms. The normalized spacial score (nSPS) is 33.4. The van der Waals surface area contributed by atoms with Gasteiger partial charge in [0.2, 0.25) is 0 Å². The minimum absolute atomic E-state index is 0.767. The van der Waals surface area contributed by atoms with Crippen molar-refractivity contribution < 1.29 is 0 Å². The maximum absolute atomic E-state index is 3.86. The van der Waals surface area contributed by atoms with Gasteiger partial charge in [-0.15, -0.1) is 0 Å². The highest BCUT2D eigenvalue weighted by atomic mass is 79.9. The molecular weight excluding hydrogens is 262 g/mol. The summed E-state index contributed by atoms with van der Waals surface area (Å²) in [5.41, 5.74) is 1.47. The first-order valence-electron chi connectivity index (χ1n) is 6.26. The third-order valence-electron chi connectivity index (χ3n) is 4.12. The SMILES string of the molecule is BrC1C2CC[C@H]1N(CCc1ccccc1)C2. The summed E-state index contributed by atoms with van der Waals surface area (Å²) in [6.07, 6.45) is 4.03. The lowest BCUT2D eigenvalue weighted by molar-refractivity contribution is 0.217. The van der Waals surface area contributed by atoms with Crippen LogP contribution in [0.3, 0.4) is 0 Å². The van der Waals surface area contributed by atoms with Crippen LogP contribution in [-0.4, -0.2) is 28.9 Å². The second-order valence-electron chi connectivity index (χ2n) is 5.08. The zero-order valence-corrected chi connectivity index (χ0v) is 11.1. The molecule has 2 bridgehead atoms. The van der Waals surface area contributed by atoms with Crippen molar-refractivity contribution in [1.29, 1.82) is 0 Å².